The zero-order chi connectivity index (χ0) is 16.2. The van der Waals surface area contributed by atoms with E-state index in [-0.39, 0.29) is 0 Å². The second kappa shape index (κ2) is 6.91. The Hall–Kier alpha value is -2.21. The van der Waals surface area contributed by atoms with E-state index in [1.165, 1.54) is 5.22 Å². The second-order valence-electron chi connectivity index (χ2n) is 5.57. The van der Waals surface area contributed by atoms with Gasteiger partial charge >= 0.3 is 0 Å². The Morgan fingerprint density at radius 3 is 3.09 bits per heavy atom. The summed E-state index contributed by atoms with van der Waals surface area (Å²) in [5.74, 6) is 0.440. The lowest BCUT2D eigenvalue weighted by molar-refractivity contribution is 0.771. The average molecular weight is 327 g/mol. The predicted molar refractivity (Wildman–Crippen MR) is 96.9 cm³/mol. The van der Waals surface area contributed by atoms with Crippen molar-refractivity contribution in [3.63, 3.8) is 0 Å². The van der Waals surface area contributed by atoms with Gasteiger partial charge in [-0.05, 0) is 37.1 Å². The first-order valence-corrected chi connectivity index (χ1v) is 8.63. The molecule has 0 saturated heterocycles. The van der Waals surface area contributed by atoms with Crippen LogP contribution in [0.1, 0.15) is 30.5 Å². The van der Waals surface area contributed by atoms with Crippen molar-refractivity contribution in [3.8, 4) is 0 Å². The van der Waals surface area contributed by atoms with Crippen molar-refractivity contribution in [2.75, 3.05) is 7.05 Å². The fourth-order valence-electron chi connectivity index (χ4n) is 2.37. The molecule has 2 aromatic rings. The fourth-order valence-corrected chi connectivity index (χ4v) is 3.15. The lowest BCUT2D eigenvalue weighted by Gasteiger charge is -2.03. The van der Waals surface area contributed by atoms with Gasteiger partial charge in [-0.2, -0.15) is 0 Å². The molecular formula is C17H21N5S. The maximum Gasteiger partial charge on any atom is 0.145 e. The number of amidine groups is 1. The normalized spacial score (nSPS) is 16.4. The third-order valence-electron chi connectivity index (χ3n) is 3.77. The summed E-state index contributed by atoms with van der Waals surface area (Å²) in [6.45, 7) is 2.74. The van der Waals surface area contributed by atoms with Crippen LogP contribution < -0.4 is 15.9 Å². The van der Waals surface area contributed by atoms with Gasteiger partial charge in [0.1, 0.15) is 16.5 Å². The SMILES string of the molecule is C/C=c1/ccn(Cc2nc(C(=N)NC3CC3)cs2)/c1=C/C=N/C. The van der Waals surface area contributed by atoms with Gasteiger partial charge in [-0.1, -0.05) is 6.08 Å². The molecule has 3 rings (SSSR count). The Morgan fingerprint density at radius 2 is 2.39 bits per heavy atom. The quantitative estimate of drug-likeness (QED) is 0.643. The predicted octanol–water partition coefficient (Wildman–Crippen LogP) is 1.35. The van der Waals surface area contributed by atoms with Crippen LogP contribution in [0.4, 0.5) is 0 Å². The highest BCUT2D eigenvalue weighted by molar-refractivity contribution is 7.09. The lowest BCUT2D eigenvalue weighted by Crippen LogP contribution is -2.29. The molecule has 1 saturated carbocycles. The van der Waals surface area contributed by atoms with Crippen LogP contribution in [0.25, 0.3) is 12.2 Å². The van der Waals surface area contributed by atoms with E-state index in [1.807, 2.05) is 18.4 Å². The summed E-state index contributed by atoms with van der Waals surface area (Å²) in [4.78, 5) is 8.63. The van der Waals surface area contributed by atoms with E-state index in [9.17, 15) is 0 Å². The maximum atomic E-state index is 8.06. The average Bonchev–Trinajstić information content (AvgIpc) is 3.10. The number of hydrogen-bond donors (Lipinski definition) is 2. The van der Waals surface area contributed by atoms with Crippen molar-refractivity contribution in [1.29, 1.82) is 5.41 Å². The Bertz CT molecular complexity index is 839. The number of rotatable bonds is 5. The topological polar surface area (TPSA) is 66.1 Å². The lowest BCUT2D eigenvalue weighted by atomic mass is 10.4. The molecule has 0 aromatic carbocycles. The number of aliphatic imine (C=N–C) groups is 1. The van der Waals surface area contributed by atoms with E-state index in [0.717, 1.165) is 28.9 Å². The van der Waals surface area contributed by atoms with Crippen LogP contribution >= 0.6 is 11.3 Å². The summed E-state index contributed by atoms with van der Waals surface area (Å²) in [6.07, 6.45) is 10.3. The molecule has 2 aromatic heterocycles. The van der Waals surface area contributed by atoms with Crippen molar-refractivity contribution in [1.82, 2.24) is 14.9 Å². The molecule has 1 fully saturated rings. The Labute approximate surface area is 139 Å². The van der Waals surface area contributed by atoms with Crippen molar-refractivity contribution < 1.29 is 0 Å². The standard InChI is InChI=1S/C17H21N5S/c1-3-12-7-9-22(15(12)6-8-19-2)10-16-21-14(11-23-16)17(18)20-13-4-5-13/h3,6-9,11,13H,4-5,10H2,1-2H3,(H2,18,20)/b12-3-,15-6+,19-8+. The molecule has 120 valence electrons. The van der Waals surface area contributed by atoms with Crippen molar-refractivity contribution in [2.24, 2.45) is 4.99 Å². The zero-order valence-corrected chi connectivity index (χ0v) is 14.2. The first kappa shape index (κ1) is 15.7. The molecule has 0 atom stereocenters. The molecule has 0 spiro atoms. The first-order valence-electron chi connectivity index (χ1n) is 7.75. The van der Waals surface area contributed by atoms with Gasteiger partial charge in [0.2, 0.25) is 0 Å². The molecule has 2 N–H and O–H groups in total. The minimum atomic E-state index is 0.440. The summed E-state index contributed by atoms with van der Waals surface area (Å²) in [7, 11) is 1.77. The van der Waals surface area contributed by atoms with Gasteiger partial charge < -0.3 is 9.88 Å². The monoisotopic (exact) mass is 327 g/mol. The van der Waals surface area contributed by atoms with E-state index >= 15 is 0 Å². The molecule has 0 unspecified atom stereocenters. The Balaban J connectivity index is 1.81. The van der Waals surface area contributed by atoms with Gasteiger partial charge in [-0.25, -0.2) is 4.98 Å². The minimum Gasteiger partial charge on any atom is -0.366 e. The molecule has 0 bridgehead atoms. The van der Waals surface area contributed by atoms with Crippen LogP contribution in [0.15, 0.2) is 22.6 Å². The van der Waals surface area contributed by atoms with E-state index in [2.05, 4.69) is 38.2 Å². The zero-order valence-electron chi connectivity index (χ0n) is 13.4. The van der Waals surface area contributed by atoms with Crippen LogP contribution in [0.5, 0.6) is 0 Å². The van der Waals surface area contributed by atoms with Crippen LogP contribution in [0.2, 0.25) is 0 Å². The molecule has 1 aliphatic carbocycles. The minimum absolute atomic E-state index is 0.440. The highest BCUT2D eigenvalue weighted by Crippen LogP contribution is 2.19. The van der Waals surface area contributed by atoms with Crippen molar-refractivity contribution in [3.05, 3.63) is 38.9 Å². The first-order chi connectivity index (χ1) is 11.2. The van der Waals surface area contributed by atoms with Gasteiger partial charge in [0.25, 0.3) is 0 Å². The maximum absolute atomic E-state index is 8.06. The fraction of sp³-hybridized carbons (Fsp3) is 0.353. The molecule has 0 aliphatic heterocycles. The number of nitrogens with zero attached hydrogens (tertiary/aromatic N) is 3. The third kappa shape index (κ3) is 3.76. The number of aromatic nitrogens is 2. The van der Waals surface area contributed by atoms with E-state index in [1.54, 1.807) is 24.6 Å². The second-order valence-corrected chi connectivity index (χ2v) is 6.51. The summed E-state index contributed by atoms with van der Waals surface area (Å²) < 4.78 is 2.16. The molecule has 6 heteroatoms. The van der Waals surface area contributed by atoms with Crippen LogP contribution in [0, 0.1) is 5.41 Å². The summed E-state index contributed by atoms with van der Waals surface area (Å²) in [5, 5.41) is 16.5. The van der Waals surface area contributed by atoms with Crippen LogP contribution in [-0.4, -0.2) is 34.7 Å². The van der Waals surface area contributed by atoms with Crippen molar-refractivity contribution in [2.45, 2.75) is 32.4 Å². The largest absolute Gasteiger partial charge is 0.366 e. The van der Waals surface area contributed by atoms with Gasteiger partial charge in [0.15, 0.2) is 0 Å². The summed E-state index contributed by atoms with van der Waals surface area (Å²) in [5.41, 5.74) is 0.743. The molecule has 5 nitrogen and oxygen atoms in total. The molecule has 2 heterocycles. The summed E-state index contributed by atoms with van der Waals surface area (Å²) >= 11 is 1.60. The van der Waals surface area contributed by atoms with Gasteiger partial charge in [0, 0.05) is 36.2 Å². The van der Waals surface area contributed by atoms with E-state index in [0.29, 0.717) is 18.4 Å². The van der Waals surface area contributed by atoms with E-state index < -0.39 is 0 Å². The van der Waals surface area contributed by atoms with E-state index in [4.69, 9.17) is 5.41 Å². The number of hydrogen-bond acceptors (Lipinski definition) is 4. The number of nitrogens with one attached hydrogen (secondary N) is 2. The van der Waals surface area contributed by atoms with Crippen LogP contribution in [0.3, 0.4) is 0 Å². The van der Waals surface area contributed by atoms with Gasteiger partial charge in [-0.15, -0.1) is 11.3 Å². The molecule has 0 amide bonds. The Kier molecular flexibility index (Phi) is 4.71. The third-order valence-corrected chi connectivity index (χ3v) is 4.60. The number of thiazole rings is 1. The van der Waals surface area contributed by atoms with Gasteiger partial charge in [0.05, 0.1) is 6.54 Å². The smallest absolute Gasteiger partial charge is 0.145 e. The molecule has 0 radical (unpaired) electrons. The van der Waals surface area contributed by atoms with Crippen molar-refractivity contribution >= 4 is 35.5 Å². The van der Waals surface area contributed by atoms with Crippen LogP contribution in [-0.2, 0) is 6.54 Å². The molecule has 23 heavy (non-hydrogen) atoms. The molecule has 1 aliphatic rings. The molecular weight excluding hydrogens is 306 g/mol. The van der Waals surface area contributed by atoms with Gasteiger partial charge in [-0.3, -0.25) is 10.4 Å². The Morgan fingerprint density at radius 1 is 1.57 bits per heavy atom. The highest BCUT2D eigenvalue weighted by Gasteiger charge is 2.23. The highest BCUT2D eigenvalue weighted by atomic mass is 32.1. The summed E-state index contributed by atoms with van der Waals surface area (Å²) in [6, 6.07) is 2.58.